The van der Waals surface area contributed by atoms with E-state index in [2.05, 4.69) is 16.2 Å². The van der Waals surface area contributed by atoms with Gasteiger partial charge in [0, 0.05) is 12.8 Å². The number of pyridine rings is 1. The molecule has 4 rings (SSSR count). The molecule has 1 aliphatic heterocycles. The van der Waals surface area contributed by atoms with Crippen LogP contribution in [-0.4, -0.2) is 28.0 Å². The smallest absolute Gasteiger partial charge is 0.227 e. The van der Waals surface area contributed by atoms with Gasteiger partial charge in [-0.2, -0.15) is 10.4 Å². The summed E-state index contributed by atoms with van der Waals surface area (Å²) in [6.07, 6.45) is 3.33. The fourth-order valence-corrected chi connectivity index (χ4v) is 3.48. The van der Waals surface area contributed by atoms with Crippen molar-refractivity contribution >= 4 is 16.7 Å². The molecule has 2 aromatic heterocycles. The van der Waals surface area contributed by atoms with E-state index in [1.54, 1.807) is 10.9 Å². The Balaban J connectivity index is 1.69. The number of hydrogen-bond acceptors (Lipinski definition) is 6. The van der Waals surface area contributed by atoms with Crippen LogP contribution in [0.1, 0.15) is 24.4 Å². The Labute approximate surface area is 157 Å². The molecule has 3 aromatic rings. The zero-order valence-corrected chi connectivity index (χ0v) is 14.9. The van der Waals surface area contributed by atoms with Gasteiger partial charge in [-0.3, -0.25) is 4.68 Å². The van der Waals surface area contributed by atoms with E-state index in [-0.39, 0.29) is 12.0 Å². The van der Waals surface area contributed by atoms with Gasteiger partial charge in [0.2, 0.25) is 5.88 Å². The van der Waals surface area contributed by atoms with Crippen LogP contribution >= 0.6 is 0 Å². The van der Waals surface area contributed by atoms with Crippen molar-refractivity contribution in [1.29, 1.82) is 5.26 Å². The molecule has 0 unspecified atom stereocenters. The predicted octanol–water partition coefficient (Wildman–Crippen LogP) is 3.08. The zero-order valence-electron chi connectivity index (χ0n) is 14.9. The number of fused-ring (bicyclic) bond motifs is 1. The molecule has 0 bridgehead atoms. The normalized spacial score (nSPS) is 20.1. The Hall–Kier alpha value is -3.11. The Bertz CT molecular complexity index is 964. The van der Waals surface area contributed by atoms with E-state index in [1.165, 1.54) is 0 Å². The number of hydrogen-bond donors (Lipinski definition) is 1. The van der Waals surface area contributed by atoms with Crippen LogP contribution in [0, 0.1) is 17.2 Å². The van der Waals surface area contributed by atoms with E-state index in [1.807, 2.05) is 36.4 Å². The standard InChI is InChI=1S/C20H21N5O2/c21-11-15-7-4-10-26-13-17(15)25-16-8-9-23-20(18(16)19(22)24-25)27-12-14-5-2-1-3-6-14/h1-3,5-6,8-9,15,17H,4,7,10,12-13H2,(H2,22,24)/t15-,17-/m1/s1. The summed E-state index contributed by atoms with van der Waals surface area (Å²) in [7, 11) is 0. The number of ether oxygens (including phenoxy) is 2. The lowest BCUT2D eigenvalue weighted by Gasteiger charge is -2.20. The second kappa shape index (κ2) is 7.64. The number of nitrogens with two attached hydrogens (primary N) is 1. The molecular weight excluding hydrogens is 342 g/mol. The van der Waals surface area contributed by atoms with Crippen LogP contribution in [0.3, 0.4) is 0 Å². The summed E-state index contributed by atoms with van der Waals surface area (Å²) in [6.45, 7) is 1.50. The van der Waals surface area contributed by atoms with Crippen LogP contribution in [0.4, 0.5) is 5.82 Å². The highest BCUT2D eigenvalue weighted by Gasteiger charge is 2.29. The summed E-state index contributed by atoms with van der Waals surface area (Å²) in [5.41, 5.74) is 8.06. The first-order valence-electron chi connectivity index (χ1n) is 9.04. The fraction of sp³-hybridized carbons (Fsp3) is 0.350. The summed E-state index contributed by atoms with van der Waals surface area (Å²) in [5.74, 6) is 0.627. The largest absolute Gasteiger partial charge is 0.472 e. The molecule has 1 aromatic carbocycles. The summed E-state index contributed by atoms with van der Waals surface area (Å²) >= 11 is 0. The summed E-state index contributed by atoms with van der Waals surface area (Å²) in [5, 5.41) is 14.8. The maximum Gasteiger partial charge on any atom is 0.227 e. The zero-order chi connectivity index (χ0) is 18.6. The van der Waals surface area contributed by atoms with Gasteiger partial charge in [0.1, 0.15) is 12.0 Å². The van der Waals surface area contributed by atoms with Gasteiger partial charge in [-0.15, -0.1) is 0 Å². The molecule has 1 fully saturated rings. The van der Waals surface area contributed by atoms with Gasteiger partial charge < -0.3 is 15.2 Å². The molecule has 0 saturated carbocycles. The molecule has 7 nitrogen and oxygen atoms in total. The predicted molar refractivity (Wildman–Crippen MR) is 101 cm³/mol. The summed E-state index contributed by atoms with van der Waals surface area (Å²) in [4.78, 5) is 4.35. The molecule has 0 aliphatic carbocycles. The lowest BCUT2D eigenvalue weighted by Crippen LogP contribution is -2.22. The molecule has 2 atom stereocenters. The first kappa shape index (κ1) is 17.3. The molecule has 7 heteroatoms. The topological polar surface area (TPSA) is 99.0 Å². The van der Waals surface area contributed by atoms with Crippen LogP contribution in [0.5, 0.6) is 5.88 Å². The van der Waals surface area contributed by atoms with E-state index in [4.69, 9.17) is 15.2 Å². The number of nitrogen functional groups attached to an aromatic ring is 1. The van der Waals surface area contributed by atoms with E-state index in [9.17, 15) is 5.26 Å². The third-order valence-corrected chi connectivity index (χ3v) is 4.87. The number of anilines is 1. The van der Waals surface area contributed by atoms with Gasteiger partial charge in [0.05, 0.1) is 30.2 Å². The van der Waals surface area contributed by atoms with Crippen LogP contribution in [-0.2, 0) is 11.3 Å². The Morgan fingerprint density at radius 3 is 2.96 bits per heavy atom. The van der Waals surface area contributed by atoms with Crippen molar-refractivity contribution in [3.63, 3.8) is 0 Å². The molecule has 1 saturated heterocycles. The lowest BCUT2D eigenvalue weighted by atomic mass is 9.97. The van der Waals surface area contributed by atoms with Crippen LogP contribution in [0.2, 0.25) is 0 Å². The minimum absolute atomic E-state index is 0.170. The van der Waals surface area contributed by atoms with Crippen molar-refractivity contribution in [3.8, 4) is 11.9 Å². The molecule has 27 heavy (non-hydrogen) atoms. The highest BCUT2D eigenvalue weighted by molar-refractivity contribution is 5.93. The molecule has 0 amide bonds. The van der Waals surface area contributed by atoms with Crippen molar-refractivity contribution in [2.45, 2.75) is 25.5 Å². The first-order chi connectivity index (χ1) is 13.3. The van der Waals surface area contributed by atoms with Crippen LogP contribution in [0.15, 0.2) is 42.6 Å². The Kier molecular flexibility index (Phi) is 4.90. The highest BCUT2D eigenvalue weighted by atomic mass is 16.5. The summed E-state index contributed by atoms with van der Waals surface area (Å²) in [6, 6.07) is 14.0. The molecule has 2 N–H and O–H groups in total. The minimum atomic E-state index is -0.179. The second-order valence-corrected chi connectivity index (χ2v) is 6.63. The third kappa shape index (κ3) is 3.44. The van der Waals surface area contributed by atoms with E-state index >= 15 is 0 Å². The van der Waals surface area contributed by atoms with Gasteiger partial charge in [0.25, 0.3) is 0 Å². The van der Waals surface area contributed by atoms with Gasteiger partial charge in [-0.05, 0) is 24.5 Å². The molecule has 1 aliphatic rings. The SMILES string of the molecule is N#C[C@H]1CCCOC[C@H]1n1nc(N)c2c(OCc3ccccc3)nccc21. The third-order valence-electron chi connectivity index (χ3n) is 4.87. The highest BCUT2D eigenvalue weighted by Crippen LogP contribution is 2.34. The lowest BCUT2D eigenvalue weighted by molar-refractivity contribution is 0.110. The van der Waals surface area contributed by atoms with Gasteiger partial charge in [-0.1, -0.05) is 30.3 Å². The molecule has 138 valence electrons. The van der Waals surface area contributed by atoms with Crippen molar-refractivity contribution in [2.75, 3.05) is 18.9 Å². The van der Waals surface area contributed by atoms with E-state index < -0.39 is 0 Å². The van der Waals surface area contributed by atoms with Crippen LogP contribution < -0.4 is 10.5 Å². The molecule has 0 spiro atoms. The second-order valence-electron chi connectivity index (χ2n) is 6.63. The first-order valence-corrected chi connectivity index (χ1v) is 9.04. The minimum Gasteiger partial charge on any atom is -0.472 e. The van der Waals surface area contributed by atoms with Crippen molar-refractivity contribution in [1.82, 2.24) is 14.8 Å². The van der Waals surface area contributed by atoms with Crippen molar-refractivity contribution in [3.05, 3.63) is 48.2 Å². The number of aromatic nitrogens is 3. The van der Waals surface area contributed by atoms with Gasteiger partial charge in [-0.25, -0.2) is 4.98 Å². The quantitative estimate of drug-likeness (QED) is 0.765. The average molecular weight is 363 g/mol. The fourth-order valence-electron chi connectivity index (χ4n) is 3.48. The van der Waals surface area contributed by atoms with E-state index in [0.717, 1.165) is 23.9 Å². The van der Waals surface area contributed by atoms with Gasteiger partial charge in [0.15, 0.2) is 5.82 Å². The Morgan fingerprint density at radius 1 is 1.30 bits per heavy atom. The Morgan fingerprint density at radius 2 is 2.15 bits per heavy atom. The maximum atomic E-state index is 9.58. The molecular formula is C20H21N5O2. The summed E-state index contributed by atoms with van der Waals surface area (Å²) < 4.78 is 13.4. The maximum absolute atomic E-state index is 9.58. The van der Waals surface area contributed by atoms with Crippen LogP contribution in [0.25, 0.3) is 10.9 Å². The van der Waals surface area contributed by atoms with E-state index in [0.29, 0.717) is 36.9 Å². The number of rotatable bonds is 4. The molecule has 0 radical (unpaired) electrons. The molecule has 3 heterocycles. The monoisotopic (exact) mass is 363 g/mol. The average Bonchev–Trinajstić information content (AvgIpc) is 2.89. The number of nitriles is 1. The van der Waals surface area contributed by atoms with Crippen molar-refractivity contribution in [2.24, 2.45) is 5.92 Å². The van der Waals surface area contributed by atoms with Crippen molar-refractivity contribution < 1.29 is 9.47 Å². The van der Waals surface area contributed by atoms with Gasteiger partial charge >= 0.3 is 0 Å². The number of benzene rings is 1. The number of nitrogens with zero attached hydrogens (tertiary/aromatic N) is 4.